The quantitative estimate of drug-likeness (QED) is 0.0509. The smallest absolute Gasteiger partial charge is 0.150 e. The zero-order valence-electron chi connectivity index (χ0n) is 39.5. The summed E-state index contributed by atoms with van der Waals surface area (Å²) < 4.78 is 0. The molecule has 0 fully saturated rings. The van der Waals surface area contributed by atoms with Crippen LogP contribution in [0.15, 0.2) is 139 Å². The molecule has 344 valence electrons. The minimum atomic E-state index is 0.640. The Bertz CT molecular complexity index is 2760. The van der Waals surface area contributed by atoms with Gasteiger partial charge in [-0.1, -0.05) is 162 Å². The summed E-state index contributed by atoms with van der Waals surface area (Å²) in [6, 6.07) is 38.4. The van der Waals surface area contributed by atoms with Gasteiger partial charge < -0.3 is 14.7 Å². The number of para-hydroxylation sites is 2. The van der Waals surface area contributed by atoms with Crippen LogP contribution in [-0.2, 0) is 0 Å². The fourth-order valence-corrected chi connectivity index (χ4v) is 13.0. The van der Waals surface area contributed by atoms with Gasteiger partial charge in [-0.3, -0.25) is 9.59 Å². The van der Waals surface area contributed by atoms with E-state index in [1.165, 1.54) is 90.3 Å². The molecule has 68 heavy (non-hydrogen) atoms. The molecule has 0 saturated carbocycles. The van der Waals surface area contributed by atoms with Crippen molar-refractivity contribution in [1.82, 2.24) is 0 Å². The van der Waals surface area contributed by atoms with Crippen LogP contribution in [0.25, 0.3) is 0 Å². The van der Waals surface area contributed by atoms with Gasteiger partial charge in [0.2, 0.25) is 0 Å². The zero-order valence-corrected chi connectivity index (χ0v) is 42.0. The molecule has 9 rings (SSSR count). The van der Waals surface area contributed by atoms with Crippen molar-refractivity contribution in [2.45, 2.75) is 127 Å². The fourth-order valence-electron chi connectivity index (χ4n) is 9.42. The molecule has 5 nitrogen and oxygen atoms in total. The number of hydrogen-bond acceptors (Lipinski definition) is 8. The van der Waals surface area contributed by atoms with Crippen LogP contribution in [0.4, 0.5) is 34.1 Å². The second-order valence-corrected chi connectivity index (χ2v) is 21.1. The Labute approximate surface area is 416 Å². The highest BCUT2D eigenvalue weighted by Gasteiger charge is 2.29. The van der Waals surface area contributed by atoms with E-state index in [9.17, 15) is 9.59 Å². The third-order valence-electron chi connectivity index (χ3n) is 12.9. The predicted octanol–water partition coefficient (Wildman–Crippen LogP) is 16.7. The minimum Gasteiger partial charge on any atom is -0.340 e. The third-order valence-corrected chi connectivity index (χ3v) is 16.2. The van der Waals surface area contributed by atoms with Crippen molar-refractivity contribution in [1.29, 1.82) is 0 Å². The van der Waals surface area contributed by atoms with Crippen LogP contribution >= 0.6 is 35.3 Å². The van der Waals surface area contributed by atoms with Gasteiger partial charge in [0.25, 0.3) is 0 Å². The van der Waals surface area contributed by atoms with Crippen molar-refractivity contribution in [3.8, 4) is 23.7 Å². The summed E-state index contributed by atoms with van der Waals surface area (Å²) in [6.07, 6.45) is 15.9. The van der Waals surface area contributed by atoms with Crippen LogP contribution in [0.2, 0.25) is 0 Å². The first kappa shape index (κ1) is 47.3. The molecule has 0 spiro atoms. The fraction of sp³-hybridized carbons (Fsp3) is 0.300. The molecule has 3 aliphatic rings. The molecule has 0 radical (unpaired) electrons. The molecule has 0 unspecified atom stereocenters. The highest BCUT2D eigenvalue weighted by Crippen LogP contribution is 2.52. The molecule has 3 heterocycles. The van der Waals surface area contributed by atoms with Gasteiger partial charge in [-0.25, -0.2) is 0 Å². The van der Waals surface area contributed by atoms with Crippen LogP contribution in [0.3, 0.4) is 0 Å². The lowest BCUT2D eigenvalue weighted by Crippen LogP contribution is -2.23. The number of hydrogen-bond donors (Lipinski definition) is 0. The Morgan fingerprint density at radius 2 is 0.794 bits per heavy atom. The van der Waals surface area contributed by atoms with E-state index in [1.807, 2.05) is 24.3 Å². The van der Waals surface area contributed by atoms with Crippen LogP contribution < -0.4 is 14.7 Å². The van der Waals surface area contributed by atoms with E-state index in [1.54, 1.807) is 35.3 Å². The van der Waals surface area contributed by atoms with Crippen LogP contribution in [-0.4, -0.2) is 32.2 Å². The monoisotopic (exact) mass is 949 g/mol. The summed E-state index contributed by atoms with van der Waals surface area (Å²) in [6.45, 7) is 9.47. The standard InChI is InChI=1S/C60H59N3O2S3/c1-4-7-10-17-32-61-51-30-26-43(24-28-47-35-45(41-64)39-57-59(47)62(33-18-11-8-5-2)49-20-13-15-22-53(49)66-57)37-55(51)68-56-38-44(27-31-52(56)61)25-29-48-36-46(42-65)40-58-60(48)63(34-19-12-9-6-3)50-21-14-16-23-54(50)67-58/h13-16,20-23,26-27,30-31,35-42H,4-12,17-19,32-34H2,1-3H3. The summed E-state index contributed by atoms with van der Waals surface area (Å²) in [4.78, 5) is 38.9. The first-order valence-corrected chi connectivity index (χ1v) is 27.1. The van der Waals surface area contributed by atoms with Gasteiger partial charge >= 0.3 is 0 Å². The normalized spacial score (nSPS) is 12.8. The SMILES string of the molecule is CCCCCCN1c2ccc(C#Cc3cc(C=O)cc4c3N(CCCCCC)c3ccccc3S4)cc2Sc2cc(C#Cc3cc(C=O)cc4c3N(CCCCCC)c3ccccc3S4)ccc21. The van der Waals surface area contributed by atoms with Crippen LogP contribution in [0.1, 0.15) is 141 Å². The summed E-state index contributed by atoms with van der Waals surface area (Å²) in [5.41, 5.74) is 11.9. The molecule has 0 amide bonds. The predicted molar refractivity (Wildman–Crippen MR) is 287 cm³/mol. The lowest BCUT2D eigenvalue weighted by molar-refractivity contribution is 0.111. The zero-order chi connectivity index (χ0) is 46.8. The number of rotatable bonds is 17. The Kier molecular flexibility index (Phi) is 15.7. The van der Waals surface area contributed by atoms with Gasteiger partial charge in [-0.2, -0.15) is 0 Å². The number of nitrogens with zero attached hydrogens (tertiary/aromatic N) is 3. The number of carbonyl (C=O) groups excluding carboxylic acids is 2. The van der Waals surface area contributed by atoms with E-state index in [0.29, 0.717) is 11.1 Å². The molecule has 3 aliphatic heterocycles. The van der Waals surface area contributed by atoms with E-state index in [-0.39, 0.29) is 0 Å². The van der Waals surface area contributed by atoms with Crippen molar-refractivity contribution < 1.29 is 9.59 Å². The minimum absolute atomic E-state index is 0.640. The summed E-state index contributed by atoms with van der Waals surface area (Å²) in [5, 5.41) is 0. The van der Waals surface area contributed by atoms with Gasteiger partial charge in [0, 0.05) is 71.3 Å². The maximum atomic E-state index is 12.3. The largest absolute Gasteiger partial charge is 0.340 e. The van der Waals surface area contributed by atoms with Gasteiger partial charge in [0.1, 0.15) is 12.6 Å². The topological polar surface area (TPSA) is 43.9 Å². The molecular weight excluding hydrogens is 891 g/mol. The lowest BCUT2D eigenvalue weighted by Gasteiger charge is -2.34. The Hall–Kier alpha value is -5.77. The Balaban J connectivity index is 1.05. The maximum absolute atomic E-state index is 12.3. The summed E-state index contributed by atoms with van der Waals surface area (Å²) in [5.74, 6) is 14.3. The van der Waals surface area contributed by atoms with Gasteiger partial charge in [0.05, 0.1) is 45.3 Å². The van der Waals surface area contributed by atoms with Crippen molar-refractivity contribution in [3.05, 3.63) is 143 Å². The van der Waals surface area contributed by atoms with E-state index >= 15 is 0 Å². The van der Waals surface area contributed by atoms with E-state index in [0.717, 1.165) is 105 Å². The molecular formula is C60H59N3O2S3. The first-order valence-electron chi connectivity index (χ1n) is 24.6. The van der Waals surface area contributed by atoms with Crippen molar-refractivity contribution >= 4 is 82.0 Å². The van der Waals surface area contributed by atoms with Gasteiger partial charge in [0.15, 0.2) is 0 Å². The second kappa shape index (κ2) is 22.6. The second-order valence-electron chi connectivity index (χ2n) is 17.8. The van der Waals surface area contributed by atoms with E-state index in [4.69, 9.17) is 0 Å². The lowest BCUT2D eigenvalue weighted by atomic mass is 10.0. The van der Waals surface area contributed by atoms with E-state index < -0.39 is 0 Å². The van der Waals surface area contributed by atoms with Crippen LogP contribution in [0, 0.1) is 23.7 Å². The van der Waals surface area contributed by atoms with Gasteiger partial charge in [-0.05, 0) is 104 Å². The number of aldehydes is 2. The third kappa shape index (κ3) is 10.4. The van der Waals surface area contributed by atoms with Crippen molar-refractivity contribution in [3.63, 3.8) is 0 Å². The number of carbonyl (C=O) groups is 2. The van der Waals surface area contributed by atoms with E-state index in [2.05, 4.69) is 144 Å². The first-order chi connectivity index (χ1) is 33.5. The molecule has 8 heteroatoms. The average Bonchev–Trinajstić information content (AvgIpc) is 3.37. The Morgan fingerprint density at radius 1 is 0.397 bits per heavy atom. The van der Waals surface area contributed by atoms with Crippen molar-refractivity contribution in [2.24, 2.45) is 0 Å². The Morgan fingerprint density at radius 3 is 1.22 bits per heavy atom. The number of anilines is 6. The average molecular weight is 950 g/mol. The number of fused-ring (bicyclic) bond motifs is 6. The number of benzene rings is 6. The molecule has 0 aromatic heterocycles. The molecule has 0 N–H and O–H groups in total. The van der Waals surface area contributed by atoms with Crippen molar-refractivity contribution in [2.75, 3.05) is 34.3 Å². The number of unbranched alkanes of at least 4 members (excludes halogenated alkanes) is 9. The van der Waals surface area contributed by atoms with Crippen LogP contribution in [0.5, 0.6) is 0 Å². The molecule has 6 aromatic carbocycles. The molecule has 0 bridgehead atoms. The summed E-state index contributed by atoms with van der Waals surface area (Å²) >= 11 is 5.23. The molecule has 0 atom stereocenters. The highest BCUT2D eigenvalue weighted by atomic mass is 32.2. The summed E-state index contributed by atoms with van der Waals surface area (Å²) in [7, 11) is 0. The maximum Gasteiger partial charge on any atom is 0.150 e. The highest BCUT2D eigenvalue weighted by molar-refractivity contribution is 8.00. The molecule has 6 aromatic rings. The molecule has 0 aliphatic carbocycles. The van der Waals surface area contributed by atoms with Gasteiger partial charge in [-0.15, -0.1) is 0 Å². The molecule has 0 saturated heterocycles.